The number of carbonyl (C=O) groups excluding carboxylic acids is 2. The Morgan fingerprint density at radius 2 is 1.73 bits per heavy atom. The summed E-state index contributed by atoms with van der Waals surface area (Å²) in [6, 6.07) is 20.1. The van der Waals surface area contributed by atoms with Crippen molar-refractivity contribution in [1.82, 2.24) is 5.32 Å². The first-order chi connectivity index (χ1) is 14.4. The molecule has 1 N–H and O–H groups in total. The summed E-state index contributed by atoms with van der Waals surface area (Å²) in [6.07, 6.45) is 0.346. The number of hydrogen-bond donors (Lipinski definition) is 1. The van der Waals surface area contributed by atoms with Gasteiger partial charge in [-0.1, -0.05) is 41.9 Å². The molecule has 1 heterocycles. The summed E-state index contributed by atoms with van der Waals surface area (Å²) < 4.78 is 13.5. The number of halogens is 2. The van der Waals surface area contributed by atoms with Gasteiger partial charge < -0.3 is 5.32 Å². The number of nitrogens with zero attached hydrogens (tertiary/aromatic N) is 1. The first-order valence-corrected chi connectivity index (χ1v) is 9.97. The largest absolute Gasteiger partial charge is 0.350 e. The van der Waals surface area contributed by atoms with Crippen LogP contribution >= 0.6 is 11.6 Å². The molecule has 152 valence electrons. The topological polar surface area (TPSA) is 49.4 Å². The minimum Gasteiger partial charge on any atom is -0.350 e. The second-order valence-electron chi connectivity index (χ2n) is 7.53. The van der Waals surface area contributed by atoms with E-state index in [9.17, 15) is 14.0 Å². The van der Waals surface area contributed by atoms with Crippen molar-refractivity contribution in [3.05, 3.63) is 100 Å². The Morgan fingerprint density at radius 1 is 1.07 bits per heavy atom. The van der Waals surface area contributed by atoms with Gasteiger partial charge in [-0.15, -0.1) is 0 Å². The number of anilines is 1. The van der Waals surface area contributed by atoms with Gasteiger partial charge in [-0.3, -0.25) is 14.5 Å². The summed E-state index contributed by atoms with van der Waals surface area (Å²) >= 11 is 5.92. The SMILES string of the molecule is C[C@]1(C(=O)NCc2ccc(Cl)cc2)Cc2ccccc2C(=O)N1c1ccc(F)cc1. The molecule has 0 saturated heterocycles. The normalized spacial score (nSPS) is 18.1. The number of nitrogens with one attached hydrogen (secondary N) is 1. The van der Waals surface area contributed by atoms with E-state index in [1.165, 1.54) is 29.2 Å². The van der Waals surface area contributed by atoms with Crippen LogP contribution in [0, 0.1) is 5.82 Å². The maximum atomic E-state index is 13.5. The third kappa shape index (κ3) is 3.68. The lowest BCUT2D eigenvalue weighted by Crippen LogP contribution is -2.63. The summed E-state index contributed by atoms with van der Waals surface area (Å²) in [5.41, 5.74) is 1.55. The molecule has 4 nitrogen and oxygen atoms in total. The molecule has 0 aromatic heterocycles. The average Bonchev–Trinajstić information content (AvgIpc) is 2.74. The standard InChI is InChI=1S/C24H20ClFN2O2/c1-24(23(30)27-15-16-6-8-18(25)9-7-16)14-17-4-2-3-5-21(17)22(29)28(24)20-12-10-19(26)11-13-20/h2-13H,14-15H2,1H3,(H,27,30)/t24-/m1/s1. The Kier molecular flexibility index (Phi) is 5.31. The van der Waals surface area contributed by atoms with Crippen molar-refractivity contribution in [3.8, 4) is 0 Å². The highest BCUT2D eigenvalue weighted by molar-refractivity contribution is 6.30. The predicted octanol–water partition coefficient (Wildman–Crippen LogP) is 4.76. The number of carbonyl (C=O) groups is 2. The molecule has 0 saturated carbocycles. The van der Waals surface area contributed by atoms with Crippen LogP contribution in [0.2, 0.25) is 5.02 Å². The third-order valence-corrected chi connectivity index (χ3v) is 5.67. The summed E-state index contributed by atoms with van der Waals surface area (Å²) in [6.45, 7) is 2.04. The molecule has 6 heteroatoms. The smallest absolute Gasteiger partial charge is 0.259 e. The molecule has 0 spiro atoms. The van der Waals surface area contributed by atoms with Crippen LogP contribution in [0.1, 0.15) is 28.4 Å². The van der Waals surface area contributed by atoms with E-state index in [4.69, 9.17) is 11.6 Å². The van der Waals surface area contributed by atoms with E-state index in [1.807, 2.05) is 24.3 Å². The molecule has 3 aromatic rings. The molecule has 0 fully saturated rings. The number of fused-ring (bicyclic) bond motifs is 1. The van der Waals surface area contributed by atoms with Crippen LogP contribution in [0.4, 0.5) is 10.1 Å². The first-order valence-electron chi connectivity index (χ1n) is 9.59. The average molecular weight is 423 g/mol. The minimum atomic E-state index is -1.17. The zero-order valence-electron chi connectivity index (χ0n) is 16.4. The van der Waals surface area contributed by atoms with E-state index in [2.05, 4.69) is 5.32 Å². The van der Waals surface area contributed by atoms with Gasteiger partial charge in [0.05, 0.1) is 0 Å². The maximum absolute atomic E-state index is 13.5. The molecular weight excluding hydrogens is 403 g/mol. The summed E-state index contributed by atoms with van der Waals surface area (Å²) in [7, 11) is 0. The van der Waals surface area contributed by atoms with Gasteiger partial charge in [-0.05, 0) is 60.5 Å². The fraction of sp³-hybridized carbons (Fsp3) is 0.167. The van der Waals surface area contributed by atoms with Gasteiger partial charge in [0.1, 0.15) is 11.4 Å². The van der Waals surface area contributed by atoms with E-state index in [1.54, 1.807) is 31.2 Å². The van der Waals surface area contributed by atoms with Gasteiger partial charge in [-0.25, -0.2) is 4.39 Å². The van der Waals surface area contributed by atoms with E-state index in [0.29, 0.717) is 29.2 Å². The van der Waals surface area contributed by atoms with Gasteiger partial charge in [0.25, 0.3) is 5.91 Å². The van der Waals surface area contributed by atoms with Gasteiger partial charge in [-0.2, -0.15) is 0 Å². The number of rotatable bonds is 4. The van der Waals surface area contributed by atoms with Crippen molar-refractivity contribution in [2.75, 3.05) is 4.90 Å². The Balaban J connectivity index is 1.69. The number of benzene rings is 3. The highest BCUT2D eigenvalue weighted by atomic mass is 35.5. The zero-order valence-corrected chi connectivity index (χ0v) is 17.1. The van der Waals surface area contributed by atoms with E-state index in [0.717, 1.165) is 11.1 Å². The second kappa shape index (κ2) is 7.92. The Labute approximate surface area is 179 Å². The zero-order chi connectivity index (χ0) is 21.3. The molecule has 0 unspecified atom stereocenters. The van der Waals surface area contributed by atoms with Gasteiger partial charge in [0, 0.05) is 29.2 Å². The lowest BCUT2D eigenvalue weighted by atomic mass is 9.82. The van der Waals surface area contributed by atoms with E-state index >= 15 is 0 Å². The van der Waals surface area contributed by atoms with Gasteiger partial charge >= 0.3 is 0 Å². The fourth-order valence-corrected chi connectivity index (χ4v) is 3.95. The van der Waals surface area contributed by atoms with Crippen LogP contribution in [-0.4, -0.2) is 17.4 Å². The third-order valence-electron chi connectivity index (χ3n) is 5.42. The van der Waals surface area contributed by atoms with Gasteiger partial charge in [0.2, 0.25) is 5.91 Å². The first kappa shape index (κ1) is 20.1. The highest BCUT2D eigenvalue weighted by Gasteiger charge is 2.47. The Morgan fingerprint density at radius 3 is 2.43 bits per heavy atom. The molecule has 30 heavy (non-hydrogen) atoms. The molecule has 1 aliphatic rings. The predicted molar refractivity (Wildman–Crippen MR) is 115 cm³/mol. The molecule has 2 amide bonds. The van der Waals surface area contributed by atoms with Crippen molar-refractivity contribution in [2.24, 2.45) is 0 Å². The molecule has 1 aliphatic heterocycles. The number of hydrogen-bond acceptors (Lipinski definition) is 2. The minimum absolute atomic E-state index is 0.285. The molecule has 0 radical (unpaired) electrons. The quantitative estimate of drug-likeness (QED) is 0.659. The van der Waals surface area contributed by atoms with Gasteiger partial charge in [0.15, 0.2) is 0 Å². The van der Waals surface area contributed by atoms with Crippen LogP contribution in [0.25, 0.3) is 0 Å². The summed E-state index contributed by atoms with van der Waals surface area (Å²) in [5.74, 6) is -0.977. The molecule has 0 bridgehead atoms. The van der Waals surface area contributed by atoms with Crippen molar-refractivity contribution < 1.29 is 14.0 Å². The Hall–Kier alpha value is -3.18. The lowest BCUT2D eigenvalue weighted by Gasteiger charge is -2.44. The molecule has 3 aromatic carbocycles. The fourth-order valence-electron chi connectivity index (χ4n) is 3.83. The Bertz CT molecular complexity index is 1100. The van der Waals surface area contributed by atoms with Crippen LogP contribution in [-0.2, 0) is 17.8 Å². The lowest BCUT2D eigenvalue weighted by molar-refractivity contribution is -0.126. The van der Waals surface area contributed by atoms with Crippen molar-refractivity contribution >= 4 is 29.1 Å². The molecule has 4 rings (SSSR count). The molecule has 1 atom stereocenters. The van der Waals surface area contributed by atoms with Crippen LogP contribution in [0.3, 0.4) is 0 Å². The van der Waals surface area contributed by atoms with E-state index in [-0.39, 0.29) is 11.8 Å². The van der Waals surface area contributed by atoms with Crippen LogP contribution in [0.15, 0.2) is 72.8 Å². The van der Waals surface area contributed by atoms with Crippen molar-refractivity contribution in [3.63, 3.8) is 0 Å². The molecular formula is C24H20ClFN2O2. The van der Waals surface area contributed by atoms with Crippen LogP contribution in [0.5, 0.6) is 0 Å². The van der Waals surface area contributed by atoms with Crippen molar-refractivity contribution in [1.29, 1.82) is 0 Å². The van der Waals surface area contributed by atoms with Crippen LogP contribution < -0.4 is 10.2 Å². The highest BCUT2D eigenvalue weighted by Crippen LogP contribution is 2.35. The monoisotopic (exact) mass is 422 g/mol. The summed E-state index contributed by atoms with van der Waals surface area (Å²) in [5, 5.41) is 3.56. The van der Waals surface area contributed by atoms with Crippen molar-refractivity contribution in [2.45, 2.75) is 25.4 Å². The second-order valence-corrected chi connectivity index (χ2v) is 7.97. The molecule has 0 aliphatic carbocycles. The van der Waals surface area contributed by atoms with E-state index < -0.39 is 11.4 Å². The number of amides is 2. The maximum Gasteiger partial charge on any atom is 0.259 e. The summed E-state index contributed by atoms with van der Waals surface area (Å²) in [4.78, 5) is 28.2.